The topological polar surface area (TPSA) is 53.7 Å². The van der Waals surface area contributed by atoms with Gasteiger partial charge in [-0.05, 0) is 13.0 Å². The molecule has 0 fully saturated rings. The van der Waals surface area contributed by atoms with Gasteiger partial charge >= 0.3 is 0 Å². The molecular formula is C12H19NO3. The SMILES string of the molecule is CCOCCOCc1ccc(N)cc1OC. The molecule has 0 heterocycles. The molecule has 0 aliphatic rings. The molecule has 0 spiro atoms. The van der Waals surface area contributed by atoms with Crippen molar-refractivity contribution in [3.8, 4) is 5.75 Å². The van der Waals surface area contributed by atoms with Crippen molar-refractivity contribution in [3.63, 3.8) is 0 Å². The van der Waals surface area contributed by atoms with E-state index < -0.39 is 0 Å². The molecule has 0 aliphatic carbocycles. The zero-order valence-corrected chi connectivity index (χ0v) is 9.86. The number of anilines is 1. The molecule has 0 amide bonds. The molecule has 2 N–H and O–H groups in total. The fourth-order valence-electron chi connectivity index (χ4n) is 1.32. The Morgan fingerprint density at radius 2 is 1.94 bits per heavy atom. The molecule has 0 radical (unpaired) electrons. The van der Waals surface area contributed by atoms with Crippen molar-refractivity contribution < 1.29 is 14.2 Å². The van der Waals surface area contributed by atoms with Gasteiger partial charge in [-0.25, -0.2) is 0 Å². The van der Waals surface area contributed by atoms with E-state index in [1.165, 1.54) is 0 Å². The highest BCUT2D eigenvalue weighted by atomic mass is 16.5. The molecule has 1 aromatic carbocycles. The van der Waals surface area contributed by atoms with E-state index in [2.05, 4.69) is 0 Å². The average Bonchev–Trinajstić information content (AvgIpc) is 2.30. The zero-order valence-electron chi connectivity index (χ0n) is 9.86. The summed E-state index contributed by atoms with van der Waals surface area (Å²) in [5.74, 6) is 0.761. The molecule has 0 atom stereocenters. The smallest absolute Gasteiger partial charge is 0.126 e. The fraction of sp³-hybridized carbons (Fsp3) is 0.500. The lowest BCUT2D eigenvalue weighted by Gasteiger charge is -2.09. The summed E-state index contributed by atoms with van der Waals surface area (Å²) in [6.45, 7) is 4.39. The first-order valence-corrected chi connectivity index (χ1v) is 5.35. The van der Waals surface area contributed by atoms with Crippen molar-refractivity contribution in [2.75, 3.05) is 32.7 Å². The Balaban J connectivity index is 2.41. The maximum Gasteiger partial charge on any atom is 0.126 e. The second-order valence-corrected chi connectivity index (χ2v) is 3.32. The summed E-state index contributed by atoms with van der Waals surface area (Å²) >= 11 is 0. The molecule has 0 aliphatic heterocycles. The molecule has 0 unspecified atom stereocenters. The molecule has 1 rings (SSSR count). The van der Waals surface area contributed by atoms with Crippen molar-refractivity contribution in [2.24, 2.45) is 0 Å². The van der Waals surface area contributed by atoms with Gasteiger partial charge in [-0.2, -0.15) is 0 Å². The molecule has 16 heavy (non-hydrogen) atoms. The predicted molar refractivity (Wildman–Crippen MR) is 63.6 cm³/mol. The number of nitrogen functional groups attached to an aromatic ring is 1. The minimum absolute atomic E-state index is 0.510. The van der Waals surface area contributed by atoms with Gasteiger partial charge in [-0.1, -0.05) is 6.07 Å². The summed E-state index contributed by atoms with van der Waals surface area (Å²) in [6.07, 6.45) is 0. The molecule has 0 bridgehead atoms. The molecule has 0 saturated heterocycles. The lowest BCUT2D eigenvalue weighted by atomic mass is 10.2. The third-order valence-corrected chi connectivity index (χ3v) is 2.14. The van der Waals surface area contributed by atoms with Gasteiger partial charge in [0, 0.05) is 23.9 Å². The van der Waals surface area contributed by atoms with Crippen LogP contribution in [0.25, 0.3) is 0 Å². The van der Waals surface area contributed by atoms with E-state index in [1.807, 2.05) is 19.1 Å². The highest BCUT2D eigenvalue weighted by Crippen LogP contribution is 2.21. The summed E-state index contributed by atoms with van der Waals surface area (Å²) in [5.41, 5.74) is 7.34. The van der Waals surface area contributed by atoms with E-state index >= 15 is 0 Å². The number of ether oxygens (including phenoxy) is 3. The van der Waals surface area contributed by atoms with Gasteiger partial charge in [0.15, 0.2) is 0 Å². The van der Waals surface area contributed by atoms with Crippen LogP contribution in [-0.2, 0) is 16.1 Å². The van der Waals surface area contributed by atoms with Crippen LogP contribution < -0.4 is 10.5 Å². The highest BCUT2D eigenvalue weighted by Gasteiger charge is 2.03. The minimum atomic E-state index is 0.510. The quantitative estimate of drug-likeness (QED) is 0.568. The Bertz CT molecular complexity index is 315. The van der Waals surface area contributed by atoms with Crippen molar-refractivity contribution in [1.82, 2.24) is 0 Å². The van der Waals surface area contributed by atoms with Crippen LogP contribution in [0.5, 0.6) is 5.75 Å². The van der Waals surface area contributed by atoms with Crippen LogP contribution in [-0.4, -0.2) is 26.9 Å². The third kappa shape index (κ3) is 4.08. The monoisotopic (exact) mass is 225 g/mol. The van der Waals surface area contributed by atoms with E-state index in [9.17, 15) is 0 Å². The normalized spacial score (nSPS) is 10.4. The Hall–Kier alpha value is -1.26. The zero-order chi connectivity index (χ0) is 11.8. The van der Waals surface area contributed by atoms with Gasteiger partial charge < -0.3 is 19.9 Å². The summed E-state index contributed by atoms with van der Waals surface area (Å²) in [6, 6.07) is 5.54. The standard InChI is InChI=1S/C12H19NO3/c1-3-15-6-7-16-9-10-4-5-11(13)8-12(10)14-2/h4-5,8H,3,6-7,9,13H2,1-2H3. The van der Waals surface area contributed by atoms with Crippen LogP contribution in [0.1, 0.15) is 12.5 Å². The summed E-state index contributed by atoms with van der Waals surface area (Å²) in [7, 11) is 1.62. The molecule has 4 nitrogen and oxygen atoms in total. The third-order valence-electron chi connectivity index (χ3n) is 2.14. The Morgan fingerprint density at radius 1 is 1.19 bits per heavy atom. The Labute approximate surface area is 96.3 Å². The van der Waals surface area contributed by atoms with Crippen LogP contribution in [0.4, 0.5) is 5.69 Å². The van der Waals surface area contributed by atoms with Crippen LogP contribution >= 0.6 is 0 Å². The lowest BCUT2D eigenvalue weighted by molar-refractivity contribution is 0.0446. The van der Waals surface area contributed by atoms with E-state index in [-0.39, 0.29) is 0 Å². The number of hydrogen-bond acceptors (Lipinski definition) is 4. The fourth-order valence-corrected chi connectivity index (χ4v) is 1.32. The largest absolute Gasteiger partial charge is 0.496 e. The number of nitrogens with two attached hydrogens (primary N) is 1. The van der Waals surface area contributed by atoms with Crippen molar-refractivity contribution in [2.45, 2.75) is 13.5 Å². The van der Waals surface area contributed by atoms with Gasteiger partial charge in [-0.15, -0.1) is 0 Å². The first-order valence-electron chi connectivity index (χ1n) is 5.35. The number of benzene rings is 1. The molecule has 1 aromatic rings. The van der Waals surface area contributed by atoms with Crippen LogP contribution in [0.2, 0.25) is 0 Å². The van der Waals surface area contributed by atoms with Crippen molar-refractivity contribution >= 4 is 5.69 Å². The maximum atomic E-state index is 5.66. The van der Waals surface area contributed by atoms with E-state index in [0.29, 0.717) is 32.1 Å². The lowest BCUT2D eigenvalue weighted by Crippen LogP contribution is -2.04. The van der Waals surface area contributed by atoms with Gasteiger partial charge in [0.1, 0.15) is 5.75 Å². The number of rotatable bonds is 7. The van der Waals surface area contributed by atoms with E-state index in [0.717, 1.165) is 11.3 Å². The second kappa shape index (κ2) is 7.09. The van der Waals surface area contributed by atoms with Crippen molar-refractivity contribution in [3.05, 3.63) is 23.8 Å². The first kappa shape index (κ1) is 12.8. The molecule has 4 heteroatoms. The Morgan fingerprint density at radius 3 is 2.62 bits per heavy atom. The van der Waals surface area contributed by atoms with E-state index in [4.69, 9.17) is 19.9 Å². The summed E-state index contributed by atoms with van der Waals surface area (Å²) in [5, 5.41) is 0. The first-order chi connectivity index (χ1) is 7.77. The summed E-state index contributed by atoms with van der Waals surface area (Å²) < 4.78 is 15.8. The van der Waals surface area contributed by atoms with Crippen LogP contribution in [0.3, 0.4) is 0 Å². The van der Waals surface area contributed by atoms with Gasteiger partial charge in [0.05, 0.1) is 26.9 Å². The number of methoxy groups -OCH3 is 1. The maximum absolute atomic E-state index is 5.66. The van der Waals surface area contributed by atoms with Crippen molar-refractivity contribution in [1.29, 1.82) is 0 Å². The average molecular weight is 225 g/mol. The summed E-state index contributed by atoms with van der Waals surface area (Å²) in [4.78, 5) is 0. The Kier molecular flexibility index (Phi) is 5.67. The van der Waals surface area contributed by atoms with Gasteiger partial charge in [-0.3, -0.25) is 0 Å². The molecule has 0 saturated carbocycles. The molecule has 90 valence electrons. The number of hydrogen-bond donors (Lipinski definition) is 1. The highest BCUT2D eigenvalue weighted by molar-refractivity contribution is 5.48. The van der Waals surface area contributed by atoms with Gasteiger partial charge in [0.2, 0.25) is 0 Å². The van der Waals surface area contributed by atoms with Crippen LogP contribution in [0, 0.1) is 0 Å². The van der Waals surface area contributed by atoms with Gasteiger partial charge in [0.25, 0.3) is 0 Å². The minimum Gasteiger partial charge on any atom is -0.496 e. The second-order valence-electron chi connectivity index (χ2n) is 3.32. The van der Waals surface area contributed by atoms with E-state index in [1.54, 1.807) is 13.2 Å². The molecular weight excluding hydrogens is 206 g/mol. The predicted octanol–water partition coefficient (Wildman–Crippen LogP) is 1.83. The molecule has 0 aromatic heterocycles. The van der Waals surface area contributed by atoms with Crippen LogP contribution in [0.15, 0.2) is 18.2 Å².